The van der Waals surface area contributed by atoms with Gasteiger partial charge in [-0.2, -0.15) is 0 Å². The fourth-order valence-corrected chi connectivity index (χ4v) is 3.76. The van der Waals surface area contributed by atoms with Gasteiger partial charge in [-0.3, -0.25) is 4.99 Å². The molecule has 0 spiro atoms. The maximum absolute atomic E-state index is 5.05. The van der Waals surface area contributed by atoms with Gasteiger partial charge in [-0.05, 0) is 53.5 Å². The standard InChI is InChI=1S/C23H26N2S.2ClH.Co/c1-15(2)18-9-6-10-19(16(3)4)23(18)24-17(5)20-11-7-12-21(25-20)22-13-8-14-26-22;;;/h6-16H,1-5H3;2*1H;/q;;;+2/p-2. The van der Waals surface area contributed by atoms with Gasteiger partial charge in [0.2, 0.25) is 0 Å². The van der Waals surface area contributed by atoms with Crippen molar-refractivity contribution < 1.29 is 12.9 Å². The van der Waals surface area contributed by atoms with E-state index in [-0.39, 0.29) is 0 Å². The molecule has 29 heavy (non-hydrogen) atoms. The summed E-state index contributed by atoms with van der Waals surface area (Å²) in [5, 5.41) is 2.08. The average Bonchev–Trinajstić information content (AvgIpc) is 3.23. The Balaban J connectivity index is 0.000000941. The number of rotatable bonds is 5. The molecule has 0 unspecified atom stereocenters. The molecular weight excluding hydrogens is 466 g/mol. The summed E-state index contributed by atoms with van der Waals surface area (Å²) in [6.45, 7) is 11.0. The van der Waals surface area contributed by atoms with E-state index in [2.05, 4.69) is 82.5 Å². The molecule has 0 radical (unpaired) electrons. The van der Waals surface area contributed by atoms with Crippen LogP contribution in [0.3, 0.4) is 0 Å². The van der Waals surface area contributed by atoms with Crippen molar-refractivity contribution in [3.8, 4) is 10.6 Å². The van der Waals surface area contributed by atoms with Crippen LogP contribution < -0.4 is 0 Å². The van der Waals surface area contributed by atoms with Crippen molar-refractivity contribution in [1.29, 1.82) is 0 Å². The van der Waals surface area contributed by atoms with Crippen LogP contribution >= 0.6 is 31.6 Å². The summed E-state index contributed by atoms with van der Waals surface area (Å²) in [4.78, 5) is 11.1. The summed E-state index contributed by atoms with van der Waals surface area (Å²) in [6.07, 6.45) is 0. The summed E-state index contributed by atoms with van der Waals surface area (Å²) in [7, 11) is 9.47. The number of aromatic nitrogens is 1. The third-order valence-corrected chi connectivity index (χ3v) is 5.41. The van der Waals surface area contributed by atoms with E-state index in [0.29, 0.717) is 24.7 Å². The molecule has 157 valence electrons. The van der Waals surface area contributed by atoms with E-state index in [1.54, 1.807) is 11.3 Å². The first-order valence-corrected chi connectivity index (χ1v) is 13.2. The van der Waals surface area contributed by atoms with E-state index in [1.807, 2.05) is 6.07 Å². The molecule has 2 heterocycles. The van der Waals surface area contributed by atoms with Gasteiger partial charge in [0.05, 0.1) is 27.7 Å². The van der Waals surface area contributed by atoms with Crippen molar-refractivity contribution in [2.24, 2.45) is 4.99 Å². The Morgan fingerprint density at radius 1 is 0.931 bits per heavy atom. The summed E-state index contributed by atoms with van der Waals surface area (Å²) in [6, 6.07) is 16.9. The van der Waals surface area contributed by atoms with Gasteiger partial charge in [-0.1, -0.05) is 58.0 Å². The molecule has 2 nitrogen and oxygen atoms in total. The summed E-state index contributed by atoms with van der Waals surface area (Å²) in [5.74, 6) is 0.872. The summed E-state index contributed by atoms with van der Waals surface area (Å²) >= 11 is 2.09. The van der Waals surface area contributed by atoms with Crippen LogP contribution in [0.4, 0.5) is 5.69 Å². The predicted octanol–water partition coefficient (Wildman–Crippen LogP) is 8.57. The van der Waals surface area contributed by atoms with Crippen molar-refractivity contribution in [2.75, 3.05) is 0 Å². The SMILES string of the molecule is CC(=Nc1c(C(C)C)cccc1C(C)C)c1cccc(-c2cccs2)n1.[Cl][Co][Cl]. The Hall–Kier alpha value is -1.17. The molecule has 0 aliphatic rings. The van der Waals surface area contributed by atoms with Gasteiger partial charge in [0, 0.05) is 0 Å². The van der Waals surface area contributed by atoms with Gasteiger partial charge in [-0.15, -0.1) is 11.3 Å². The molecule has 0 fully saturated rings. The second kappa shape index (κ2) is 11.9. The van der Waals surface area contributed by atoms with Crippen LogP contribution in [0.25, 0.3) is 10.6 Å². The molecule has 3 rings (SSSR count). The molecule has 0 bridgehead atoms. The first kappa shape index (κ1) is 24.1. The first-order valence-electron chi connectivity index (χ1n) is 9.42. The molecule has 0 atom stereocenters. The monoisotopic (exact) mass is 491 g/mol. The minimum atomic E-state index is 0.382. The van der Waals surface area contributed by atoms with Gasteiger partial charge >= 0.3 is 33.2 Å². The normalized spacial score (nSPS) is 11.7. The quantitative estimate of drug-likeness (QED) is 0.328. The van der Waals surface area contributed by atoms with Crippen LogP contribution in [-0.2, 0) is 12.9 Å². The second-order valence-electron chi connectivity index (χ2n) is 7.22. The molecular formula is C23H26Cl2CoN2S. The first-order chi connectivity index (χ1) is 13.9. The van der Waals surface area contributed by atoms with Gasteiger partial charge in [0.15, 0.2) is 0 Å². The Bertz CT molecular complexity index is 912. The fraction of sp³-hybridized carbons (Fsp3) is 0.304. The van der Waals surface area contributed by atoms with Crippen LogP contribution in [0.5, 0.6) is 0 Å². The summed E-state index contributed by atoms with van der Waals surface area (Å²) < 4.78 is 0. The van der Waals surface area contributed by atoms with Crippen molar-refractivity contribution in [3.05, 3.63) is 70.7 Å². The van der Waals surface area contributed by atoms with E-state index in [0.717, 1.165) is 22.8 Å². The van der Waals surface area contributed by atoms with Crippen molar-refractivity contribution in [1.82, 2.24) is 4.98 Å². The fourth-order valence-electron chi connectivity index (χ4n) is 3.06. The van der Waals surface area contributed by atoms with E-state index in [1.165, 1.54) is 16.0 Å². The zero-order valence-corrected chi connectivity index (χ0v) is 20.6. The third kappa shape index (κ3) is 6.66. The van der Waals surface area contributed by atoms with Crippen LogP contribution in [-0.4, -0.2) is 10.7 Å². The van der Waals surface area contributed by atoms with Crippen LogP contribution in [0.1, 0.15) is 63.3 Å². The number of thiophene rings is 1. The van der Waals surface area contributed by atoms with Crippen LogP contribution in [0.15, 0.2) is 58.9 Å². The number of benzene rings is 1. The number of pyridine rings is 1. The predicted molar refractivity (Wildman–Crippen MR) is 126 cm³/mol. The maximum atomic E-state index is 5.05. The Labute approximate surface area is 192 Å². The van der Waals surface area contributed by atoms with Crippen LogP contribution in [0.2, 0.25) is 0 Å². The number of halogens is 2. The third-order valence-electron chi connectivity index (χ3n) is 4.52. The zero-order valence-electron chi connectivity index (χ0n) is 17.2. The second-order valence-corrected chi connectivity index (χ2v) is 9.89. The van der Waals surface area contributed by atoms with E-state index in [9.17, 15) is 0 Å². The molecule has 6 heteroatoms. The van der Waals surface area contributed by atoms with Crippen molar-refractivity contribution in [2.45, 2.75) is 46.5 Å². The average molecular weight is 492 g/mol. The van der Waals surface area contributed by atoms with Gasteiger partial charge in [0.1, 0.15) is 0 Å². The summed E-state index contributed by atoms with van der Waals surface area (Å²) in [5.41, 5.74) is 6.60. The van der Waals surface area contributed by atoms with Crippen molar-refractivity contribution in [3.63, 3.8) is 0 Å². The van der Waals surface area contributed by atoms with Gasteiger partial charge < -0.3 is 0 Å². The molecule has 0 aliphatic heterocycles. The van der Waals surface area contributed by atoms with E-state index in [4.69, 9.17) is 30.3 Å². The minimum absolute atomic E-state index is 0.382. The molecule has 1 aromatic carbocycles. The van der Waals surface area contributed by atoms with E-state index >= 15 is 0 Å². The molecule has 0 aliphatic carbocycles. The molecule has 0 saturated carbocycles. The molecule has 0 amide bonds. The number of para-hydroxylation sites is 1. The molecule has 2 aromatic heterocycles. The number of hydrogen-bond donors (Lipinski definition) is 0. The zero-order chi connectivity index (χ0) is 21.4. The van der Waals surface area contributed by atoms with Gasteiger partial charge in [-0.25, -0.2) is 4.98 Å². The Morgan fingerprint density at radius 3 is 2.03 bits per heavy atom. The Morgan fingerprint density at radius 2 is 1.52 bits per heavy atom. The van der Waals surface area contributed by atoms with Gasteiger partial charge in [0.25, 0.3) is 0 Å². The molecule has 0 N–H and O–H groups in total. The number of aliphatic imine (C=N–C) groups is 1. The van der Waals surface area contributed by atoms with E-state index < -0.39 is 0 Å². The Kier molecular flexibility index (Phi) is 9.86. The topological polar surface area (TPSA) is 25.2 Å². The van der Waals surface area contributed by atoms with Crippen molar-refractivity contribution >= 4 is 43.0 Å². The van der Waals surface area contributed by atoms with Crippen LogP contribution in [0, 0.1) is 0 Å². The number of hydrogen-bond acceptors (Lipinski definition) is 3. The number of nitrogens with zero attached hydrogens (tertiary/aromatic N) is 2. The molecule has 3 aromatic rings. The molecule has 0 saturated heterocycles.